The van der Waals surface area contributed by atoms with Gasteiger partial charge in [0.15, 0.2) is 0 Å². The van der Waals surface area contributed by atoms with Crippen molar-refractivity contribution in [2.24, 2.45) is 0 Å². The molecule has 1 amide bonds. The lowest BCUT2D eigenvalue weighted by Crippen LogP contribution is -2.38. The molecule has 2 unspecified atom stereocenters. The molecule has 0 radical (unpaired) electrons. The molecular weight excluding hydrogens is 249 g/mol. The quantitative estimate of drug-likeness (QED) is 0.849. The number of ether oxygens (including phenoxy) is 1. The van der Waals surface area contributed by atoms with Crippen molar-refractivity contribution in [3.8, 4) is 0 Å². The smallest absolute Gasteiger partial charge is 0.229 e. The molecule has 1 N–H and O–H groups in total. The van der Waals surface area contributed by atoms with Crippen molar-refractivity contribution in [1.29, 1.82) is 0 Å². The lowest BCUT2D eigenvalue weighted by Gasteiger charge is -2.24. The van der Waals surface area contributed by atoms with Gasteiger partial charge in [-0.3, -0.25) is 4.79 Å². The number of methoxy groups -OCH3 is 1. The lowest BCUT2D eigenvalue weighted by atomic mass is 9.99. The summed E-state index contributed by atoms with van der Waals surface area (Å²) in [5.74, 6) is -0.976. The molecule has 0 aliphatic rings. The number of likely N-dealkylation sites (N-methyl/N-ethyl adjacent to an activating group) is 1. The van der Waals surface area contributed by atoms with E-state index in [1.165, 1.54) is 24.1 Å². The average molecular weight is 269 g/mol. The van der Waals surface area contributed by atoms with Gasteiger partial charge in [-0.1, -0.05) is 12.1 Å². The van der Waals surface area contributed by atoms with Gasteiger partial charge in [0.05, 0.1) is 18.6 Å². The molecule has 0 spiro atoms. The van der Waals surface area contributed by atoms with Gasteiger partial charge in [-0.2, -0.15) is 0 Å². The van der Waals surface area contributed by atoms with E-state index in [4.69, 9.17) is 4.74 Å². The van der Waals surface area contributed by atoms with E-state index in [0.29, 0.717) is 5.56 Å². The molecule has 1 aromatic carbocycles. The summed E-state index contributed by atoms with van der Waals surface area (Å²) in [5.41, 5.74) is 0.623. The fourth-order valence-electron chi connectivity index (χ4n) is 1.90. The van der Waals surface area contributed by atoms with E-state index in [-0.39, 0.29) is 24.9 Å². The van der Waals surface area contributed by atoms with Crippen LogP contribution in [0.25, 0.3) is 0 Å². The van der Waals surface area contributed by atoms with Crippen LogP contribution in [0.3, 0.4) is 0 Å². The molecule has 0 saturated heterocycles. The predicted octanol–water partition coefficient (Wildman–Crippen LogP) is 1.39. The number of hydrogen-bond acceptors (Lipinski definition) is 3. The third kappa shape index (κ3) is 4.61. The summed E-state index contributed by atoms with van der Waals surface area (Å²) in [7, 11) is 3.09. The summed E-state index contributed by atoms with van der Waals surface area (Å²) in [6.07, 6.45) is -0.723. The number of hydrogen-bond donors (Lipinski definition) is 1. The molecule has 106 valence electrons. The molecule has 0 aliphatic heterocycles. The van der Waals surface area contributed by atoms with Gasteiger partial charge in [0, 0.05) is 20.7 Å². The zero-order valence-electron chi connectivity index (χ0n) is 11.5. The normalized spacial score (nSPS) is 13.9. The van der Waals surface area contributed by atoms with Crippen LogP contribution in [0.2, 0.25) is 0 Å². The summed E-state index contributed by atoms with van der Waals surface area (Å²) in [4.78, 5) is 13.6. The standard InChI is InChI=1S/C14H20FNO3/c1-10(11-5-4-6-12(15)7-11)14(18)16(2)8-13(17)9-19-3/h4-7,10,13,17H,8-9H2,1-3H3. The second-order valence-corrected chi connectivity index (χ2v) is 4.60. The first-order valence-electron chi connectivity index (χ1n) is 6.13. The molecule has 1 rings (SSSR count). The fraction of sp³-hybridized carbons (Fsp3) is 0.500. The Kier molecular flexibility index (Phi) is 5.92. The van der Waals surface area contributed by atoms with Crippen LogP contribution in [0.15, 0.2) is 24.3 Å². The van der Waals surface area contributed by atoms with Crippen molar-refractivity contribution in [2.45, 2.75) is 18.9 Å². The molecular formula is C14H20FNO3. The molecule has 0 heterocycles. The molecule has 0 fully saturated rings. The number of carbonyl (C=O) groups excluding carboxylic acids is 1. The first kappa shape index (κ1) is 15.6. The van der Waals surface area contributed by atoms with E-state index in [1.54, 1.807) is 26.1 Å². The highest BCUT2D eigenvalue weighted by atomic mass is 19.1. The van der Waals surface area contributed by atoms with Crippen LogP contribution in [0.1, 0.15) is 18.4 Å². The Hall–Kier alpha value is -1.46. The van der Waals surface area contributed by atoms with Gasteiger partial charge in [-0.15, -0.1) is 0 Å². The summed E-state index contributed by atoms with van der Waals surface area (Å²) in [6, 6.07) is 5.98. The van der Waals surface area contributed by atoms with Crippen LogP contribution in [-0.4, -0.2) is 49.3 Å². The number of benzene rings is 1. The van der Waals surface area contributed by atoms with Crippen LogP contribution in [-0.2, 0) is 9.53 Å². The SMILES string of the molecule is COCC(O)CN(C)C(=O)C(C)c1cccc(F)c1. The van der Waals surface area contributed by atoms with Crippen molar-refractivity contribution < 1.29 is 19.0 Å². The van der Waals surface area contributed by atoms with E-state index < -0.39 is 12.0 Å². The van der Waals surface area contributed by atoms with E-state index in [9.17, 15) is 14.3 Å². The highest BCUT2D eigenvalue weighted by molar-refractivity contribution is 5.83. The number of amides is 1. The van der Waals surface area contributed by atoms with E-state index in [0.717, 1.165) is 0 Å². The maximum absolute atomic E-state index is 13.1. The van der Waals surface area contributed by atoms with Gasteiger partial charge in [-0.05, 0) is 24.6 Å². The number of aliphatic hydroxyl groups excluding tert-OH is 1. The number of rotatable bonds is 6. The van der Waals surface area contributed by atoms with Crippen LogP contribution in [0.5, 0.6) is 0 Å². The van der Waals surface area contributed by atoms with Gasteiger partial charge in [0.2, 0.25) is 5.91 Å². The molecule has 2 atom stereocenters. The maximum atomic E-state index is 13.1. The van der Waals surface area contributed by atoms with Gasteiger partial charge in [-0.25, -0.2) is 4.39 Å². The zero-order valence-corrected chi connectivity index (χ0v) is 11.5. The van der Waals surface area contributed by atoms with Gasteiger partial charge >= 0.3 is 0 Å². The maximum Gasteiger partial charge on any atom is 0.229 e. The Labute approximate surface area is 112 Å². The molecule has 5 heteroatoms. The van der Waals surface area contributed by atoms with Gasteiger partial charge in [0.1, 0.15) is 5.82 Å². The first-order valence-corrected chi connectivity index (χ1v) is 6.13. The van der Waals surface area contributed by atoms with Crippen molar-refractivity contribution in [3.05, 3.63) is 35.6 Å². The Bertz CT molecular complexity index is 425. The minimum absolute atomic E-state index is 0.166. The number of nitrogens with zero attached hydrogens (tertiary/aromatic N) is 1. The summed E-state index contributed by atoms with van der Waals surface area (Å²) < 4.78 is 17.9. The molecule has 1 aromatic rings. The van der Waals surface area contributed by atoms with Crippen LogP contribution >= 0.6 is 0 Å². The van der Waals surface area contributed by atoms with Crippen molar-refractivity contribution in [3.63, 3.8) is 0 Å². The molecule has 4 nitrogen and oxygen atoms in total. The highest BCUT2D eigenvalue weighted by Crippen LogP contribution is 2.18. The Balaban J connectivity index is 2.66. The largest absolute Gasteiger partial charge is 0.389 e. The Morgan fingerprint density at radius 2 is 2.21 bits per heavy atom. The van der Waals surface area contributed by atoms with E-state index >= 15 is 0 Å². The highest BCUT2D eigenvalue weighted by Gasteiger charge is 2.21. The summed E-state index contributed by atoms with van der Waals surface area (Å²) in [6.45, 7) is 2.08. The van der Waals surface area contributed by atoms with Crippen LogP contribution in [0, 0.1) is 5.82 Å². The van der Waals surface area contributed by atoms with E-state index in [1.807, 2.05) is 0 Å². The Morgan fingerprint density at radius 1 is 1.53 bits per heavy atom. The topological polar surface area (TPSA) is 49.8 Å². The molecule has 0 saturated carbocycles. The molecule has 19 heavy (non-hydrogen) atoms. The monoisotopic (exact) mass is 269 g/mol. The zero-order chi connectivity index (χ0) is 14.4. The second-order valence-electron chi connectivity index (χ2n) is 4.60. The van der Waals surface area contributed by atoms with Crippen molar-refractivity contribution in [2.75, 3.05) is 27.3 Å². The third-order valence-corrected chi connectivity index (χ3v) is 2.94. The average Bonchev–Trinajstić information content (AvgIpc) is 2.37. The number of aliphatic hydroxyl groups is 1. The first-order chi connectivity index (χ1) is 8.95. The second kappa shape index (κ2) is 7.21. The third-order valence-electron chi connectivity index (χ3n) is 2.94. The predicted molar refractivity (Wildman–Crippen MR) is 70.3 cm³/mol. The molecule has 0 aromatic heterocycles. The van der Waals surface area contributed by atoms with Crippen molar-refractivity contribution in [1.82, 2.24) is 4.90 Å². The number of carbonyl (C=O) groups is 1. The van der Waals surface area contributed by atoms with E-state index in [2.05, 4.69) is 0 Å². The number of halogens is 1. The lowest BCUT2D eigenvalue weighted by molar-refractivity contribution is -0.132. The fourth-order valence-corrected chi connectivity index (χ4v) is 1.90. The summed E-state index contributed by atoms with van der Waals surface area (Å²) in [5, 5.41) is 9.59. The molecule has 0 bridgehead atoms. The van der Waals surface area contributed by atoms with Gasteiger partial charge < -0.3 is 14.7 Å². The molecule has 0 aliphatic carbocycles. The Morgan fingerprint density at radius 3 is 2.79 bits per heavy atom. The van der Waals surface area contributed by atoms with Crippen LogP contribution in [0.4, 0.5) is 4.39 Å². The minimum atomic E-state index is -0.723. The minimum Gasteiger partial charge on any atom is -0.389 e. The van der Waals surface area contributed by atoms with Crippen LogP contribution < -0.4 is 0 Å². The van der Waals surface area contributed by atoms with Crippen molar-refractivity contribution >= 4 is 5.91 Å². The van der Waals surface area contributed by atoms with Gasteiger partial charge in [0.25, 0.3) is 0 Å². The summed E-state index contributed by atoms with van der Waals surface area (Å²) >= 11 is 0.